The second kappa shape index (κ2) is 8.33. The highest BCUT2D eigenvalue weighted by molar-refractivity contribution is 6.31. The van der Waals surface area contributed by atoms with Gasteiger partial charge in [0, 0.05) is 28.9 Å². The molecule has 3 aromatic carbocycles. The van der Waals surface area contributed by atoms with Crippen molar-refractivity contribution < 1.29 is 14.4 Å². The highest BCUT2D eigenvalue weighted by atomic mass is 35.5. The van der Waals surface area contributed by atoms with Gasteiger partial charge in [0.15, 0.2) is 0 Å². The third-order valence-electron chi connectivity index (χ3n) is 7.53. The number of halogens is 1. The fourth-order valence-electron chi connectivity index (χ4n) is 5.98. The largest absolute Gasteiger partial charge is 0.324 e. The maximum absolute atomic E-state index is 13.9. The lowest BCUT2D eigenvalue weighted by atomic mass is 9.76. The van der Waals surface area contributed by atoms with E-state index in [0.29, 0.717) is 29.1 Å². The molecule has 3 aliphatic heterocycles. The van der Waals surface area contributed by atoms with Crippen molar-refractivity contribution in [3.8, 4) is 0 Å². The first-order valence-corrected chi connectivity index (χ1v) is 12.2. The van der Waals surface area contributed by atoms with Crippen molar-refractivity contribution in [2.45, 2.75) is 24.4 Å². The zero-order valence-electron chi connectivity index (χ0n) is 18.9. The van der Waals surface area contributed by atoms with Crippen LogP contribution in [0.2, 0.25) is 5.02 Å². The molecule has 4 atom stereocenters. The minimum absolute atomic E-state index is 0.218. The first-order chi connectivity index (χ1) is 17.0. The number of hydrogen-bond acceptors (Lipinski definition) is 4. The number of imide groups is 1. The SMILES string of the molecule is O=C1C2C(Cc3ccccc3)NC3(C(=O)Nc4ccc(Cl)cc43)C2C(=O)N1CCc1ccccc1. The van der Waals surface area contributed by atoms with Gasteiger partial charge in [0.05, 0.1) is 11.8 Å². The molecule has 3 aromatic rings. The Balaban J connectivity index is 1.41. The first-order valence-electron chi connectivity index (χ1n) is 11.8. The van der Waals surface area contributed by atoms with Gasteiger partial charge < -0.3 is 5.32 Å². The van der Waals surface area contributed by atoms with Crippen LogP contribution in [-0.4, -0.2) is 35.2 Å². The van der Waals surface area contributed by atoms with E-state index in [9.17, 15) is 14.4 Å². The molecule has 0 bridgehead atoms. The molecule has 0 aromatic heterocycles. The number of hydrogen-bond donors (Lipinski definition) is 2. The van der Waals surface area contributed by atoms with Gasteiger partial charge in [-0.05, 0) is 42.2 Å². The molecule has 2 saturated heterocycles. The van der Waals surface area contributed by atoms with E-state index < -0.39 is 17.4 Å². The average Bonchev–Trinajstić information content (AvgIpc) is 3.44. The monoisotopic (exact) mass is 485 g/mol. The molecular formula is C28H24ClN3O3. The third kappa shape index (κ3) is 3.39. The van der Waals surface area contributed by atoms with Gasteiger partial charge in [-0.25, -0.2) is 0 Å². The van der Waals surface area contributed by atoms with Gasteiger partial charge >= 0.3 is 0 Å². The lowest BCUT2D eigenvalue weighted by Crippen LogP contribution is -2.53. The highest BCUT2D eigenvalue weighted by Gasteiger charge is 2.70. The summed E-state index contributed by atoms with van der Waals surface area (Å²) in [6.45, 7) is 0.285. The number of anilines is 1. The van der Waals surface area contributed by atoms with Crippen molar-refractivity contribution in [3.05, 3.63) is 101 Å². The molecule has 176 valence electrons. The Bertz CT molecular complexity index is 1330. The Kier molecular flexibility index (Phi) is 5.24. The quantitative estimate of drug-likeness (QED) is 0.542. The summed E-state index contributed by atoms with van der Waals surface area (Å²) in [5, 5.41) is 6.86. The van der Waals surface area contributed by atoms with E-state index in [1.165, 1.54) is 4.90 Å². The predicted molar refractivity (Wildman–Crippen MR) is 133 cm³/mol. The summed E-state index contributed by atoms with van der Waals surface area (Å²) in [6.07, 6.45) is 1.09. The van der Waals surface area contributed by atoms with Crippen molar-refractivity contribution in [2.75, 3.05) is 11.9 Å². The normalized spacial score (nSPS) is 26.8. The highest BCUT2D eigenvalue weighted by Crippen LogP contribution is 2.53. The molecule has 3 amide bonds. The van der Waals surface area contributed by atoms with Crippen LogP contribution in [0.5, 0.6) is 0 Å². The minimum atomic E-state index is -1.33. The van der Waals surface area contributed by atoms with Crippen molar-refractivity contribution in [2.24, 2.45) is 11.8 Å². The number of rotatable bonds is 5. The zero-order valence-corrected chi connectivity index (χ0v) is 19.7. The van der Waals surface area contributed by atoms with Crippen LogP contribution in [0.4, 0.5) is 5.69 Å². The fraction of sp³-hybridized carbons (Fsp3) is 0.250. The molecule has 2 fully saturated rings. The molecule has 3 aliphatic rings. The van der Waals surface area contributed by atoms with Gasteiger partial charge in [-0.1, -0.05) is 72.3 Å². The van der Waals surface area contributed by atoms with Crippen LogP contribution in [-0.2, 0) is 32.8 Å². The molecule has 6 nitrogen and oxygen atoms in total. The number of likely N-dealkylation sites (tertiary alicyclic amines) is 1. The number of benzene rings is 3. The number of nitrogens with zero attached hydrogens (tertiary/aromatic N) is 1. The molecule has 35 heavy (non-hydrogen) atoms. The summed E-state index contributed by atoms with van der Waals surface area (Å²) in [6, 6.07) is 24.4. The molecule has 6 rings (SSSR count). The second-order valence-corrected chi connectivity index (χ2v) is 9.90. The minimum Gasteiger partial charge on any atom is -0.324 e. The lowest BCUT2D eigenvalue weighted by Gasteiger charge is -2.29. The summed E-state index contributed by atoms with van der Waals surface area (Å²) in [5.74, 6) is -2.31. The van der Waals surface area contributed by atoms with Crippen LogP contribution in [0.25, 0.3) is 0 Å². The first kappa shape index (κ1) is 22.0. The second-order valence-electron chi connectivity index (χ2n) is 9.46. The molecule has 7 heteroatoms. The van der Waals surface area contributed by atoms with Crippen molar-refractivity contribution in [1.29, 1.82) is 0 Å². The molecule has 4 unspecified atom stereocenters. The van der Waals surface area contributed by atoms with E-state index in [1.807, 2.05) is 60.7 Å². The van der Waals surface area contributed by atoms with Gasteiger partial charge in [-0.2, -0.15) is 0 Å². The summed E-state index contributed by atoms with van der Waals surface area (Å²) >= 11 is 6.32. The van der Waals surface area contributed by atoms with E-state index in [0.717, 1.165) is 11.1 Å². The Morgan fingerprint density at radius 1 is 0.857 bits per heavy atom. The van der Waals surface area contributed by atoms with Crippen LogP contribution in [0, 0.1) is 11.8 Å². The van der Waals surface area contributed by atoms with Crippen LogP contribution in [0.3, 0.4) is 0 Å². The Morgan fingerprint density at radius 2 is 1.54 bits per heavy atom. The van der Waals surface area contributed by atoms with Crippen LogP contribution < -0.4 is 10.6 Å². The molecule has 2 N–H and O–H groups in total. The van der Waals surface area contributed by atoms with Gasteiger partial charge in [0.2, 0.25) is 17.7 Å². The standard InChI is InChI=1S/C28H24ClN3O3/c29-19-11-12-21-20(16-19)28(27(35)30-21)24-23(22(31-28)15-18-9-5-2-6-10-18)25(33)32(26(24)34)14-13-17-7-3-1-4-8-17/h1-12,16,22-24,31H,13-15H2,(H,30,35). The Morgan fingerprint density at radius 3 is 2.26 bits per heavy atom. The van der Waals surface area contributed by atoms with E-state index >= 15 is 0 Å². The van der Waals surface area contributed by atoms with Crippen molar-refractivity contribution in [1.82, 2.24) is 10.2 Å². The summed E-state index contributed by atoms with van der Waals surface area (Å²) in [7, 11) is 0. The number of nitrogens with one attached hydrogen (secondary N) is 2. The van der Waals surface area contributed by atoms with Crippen LogP contribution in [0.15, 0.2) is 78.9 Å². The smallest absolute Gasteiger partial charge is 0.250 e. The number of carbonyl (C=O) groups is 3. The topological polar surface area (TPSA) is 78.5 Å². The molecule has 3 heterocycles. The van der Waals surface area contributed by atoms with Crippen LogP contribution in [0.1, 0.15) is 16.7 Å². The van der Waals surface area contributed by atoms with E-state index in [1.54, 1.807) is 18.2 Å². The fourth-order valence-corrected chi connectivity index (χ4v) is 6.15. The predicted octanol–water partition coefficient (Wildman–Crippen LogP) is 3.55. The van der Waals surface area contributed by atoms with Gasteiger partial charge in [0.1, 0.15) is 5.54 Å². The van der Waals surface area contributed by atoms with Crippen molar-refractivity contribution in [3.63, 3.8) is 0 Å². The third-order valence-corrected chi connectivity index (χ3v) is 7.77. The molecule has 0 aliphatic carbocycles. The van der Waals surface area contributed by atoms with E-state index in [-0.39, 0.29) is 30.3 Å². The maximum atomic E-state index is 13.9. The Hall–Kier alpha value is -3.48. The van der Waals surface area contributed by atoms with Crippen LogP contribution >= 0.6 is 11.6 Å². The number of amides is 3. The average molecular weight is 486 g/mol. The lowest BCUT2D eigenvalue weighted by molar-refractivity contribution is -0.142. The molecule has 1 spiro atoms. The van der Waals surface area contributed by atoms with Gasteiger partial charge in [-0.15, -0.1) is 0 Å². The number of carbonyl (C=O) groups excluding carboxylic acids is 3. The summed E-state index contributed by atoms with van der Waals surface area (Å²) < 4.78 is 0. The van der Waals surface area contributed by atoms with Gasteiger partial charge in [0.25, 0.3) is 0 Å². The zero-order chi connectivity index (χ0) is 24.2. The number of fused-ring (bicyclic) bond motifs is 4. The summed E-state index contributed by atoms with van der Waals surface area (Å²) in [4.78, 5) is 42.5. The van der Waals surface area contributed by atoms with Gasteiger partial charge in [-0.3, -0.25) is 24.6 Å². The summed E-state index contributed by atoms with van der Waals surface area (Å²) in [5.41, 5.74) is 2.00. The van der Waals surface area contributed by atoms with E-state index in [4.69, 9.17) is 11.6 Å². The molecule has 0 radical (unpaired) electrons. The van der Waals surface area contributed by atoms with Crippen molar-refractivity contribution >= 4 is 35.0 Å². The maximum Gasteiger partial charge on any atom is 0.250 e. The Labute approximate surface area is 208 Å². The molecular weight excluding hydrogens is 462 g/mol. The molecule has 0 saturated carbocycles. The van der Waals surface area contributed by atoms with E-state index in [2.05, 4.69) is 10.6 Å².